The molecule has 0 saturated carbocycles. The van der Waals surface area contributed by atoms with E-state index < -0.39 is 10.0 Å². The van der Waals surface area contributed by atoms with Crippen molar-refractivity contribution in [1.82, 2.24) is 5.32 Å². The van der Waals surface area contributed by atoms with Crippen LogP contribution in [0.4, 0.5) is 0 Å². The van der Waals surface area contributed by atoms with Gasteiger partial charge in [0.25, 0.3) is 10.0 Å². The second-order valence-electron chi connectivity index (χ2n) is 3.34. The van der Waals surface area contributed by atoms with Crippen LogP contribution in [0.5, 0.6) is 0 Å². The molecule has 0 bridgehead atoms. The molecule has 0 aromatic heterocycles. The molecule has 2 rings (SSSR count). The monoisotopic (exact) mass is 298 g/mol. The normalized spacial score (nSPS) is 27.4. The van der Waals surface area contributed by atoms with E-state index in [4.69, 9.17) is 11.6 Å². The molecule has 0 aromatic carbocycles. The minimum absolute atomic E-state index is 0.210. The number of allylic oxidation sites excluding steroid dienone is 1. The van der Waals surface area contributed by atoms with Gasteiger partial charge in [-0.3, -0.25) is 0 Å². The van der Waals surface area contributed by atoms with Crippen molar-refractivity contribution in [2.75, 3.05) is 5.75 Å². The predicted octanol–water partition coefficient (Wildman–Crippen LogP) is 2.29. The summed E-state index contributed by atoms with van der Waals surface area (Å²) >= 11 is 8.51. The van der Waals surface area contributed by atoms with Crippen molar-refractivity contribution in [2.24, 2.45) is 4.40 Å². The van der Waals surface area contributed by atoms with Crippen molar-refractivity contribution in [1.29, 1.82) is 0 Å². The highest BCUT2D eigenvalue weighted by molar-refractivity contribution is 8.20. The number of hydrogen-bond acceptors (Lipinski definition) is 5. The van der Waals surface area contributed by atoms with Crippen molar-refractivity contribution in [3.8, 4) is 0 Å². The molecule has 90 valence electrons. The summed E-state index contributed by atoms with van der Waals surface area (Å²) < 4.78 is 27.4. The molecule has 0 aromatic rings. The van der Waals surface area contributed by atoms with E-state index in [1.165, 1.54) is 11.8 Å². The summed E-state index contributed by atoms with van der Waals surface area (Å²) in [6.45, 7) is 2.04. The third-order valence-corrected chi connectivity index (χ3v) is 6.54. The minimum atomic E-state index is -3.51. The SMILES string of the molecule is CCCSC1=NS(=O)(=O)C2=C(CC(Cl)S2)N1. The Morgan fingerprint density at radius 2 is 2.44 bits per heavy atom. The fourth-order valence-corrected chi connectivity index (χ4v) is 5.53. The predicted molar refractivity (Wildman–Crippen MR) is 71.1 cm³/mol. The second-order valence-corrected chi connectivity index (χ2v) is 8.22. The van der Waals surface area contributed by atoms with E-state index in [1.54, 1.807) is 0 Å². The quantitative estimate of drug-likeness (QED) is 0.793. The molecule has 0 fully saturated rings. The summed E-state index contributed by atoms with van der Waals surface area (Å²) in [6, 6.07) is 0. The molecule has 0 saturated heterocycles. The Hall–Kier alpha value is 0.150. The Morgan fingerprint density at radius 3 is 3.12 bits per heavy atom. The van der Waals surface area contributed by atoms with E-state index in [2.05, 4.69) is 9.71 Å². The first kappa shape index (κ1) is 12.6. The summed E-state index contributed by atoms with van der Waals surface area (Å²) in [7, 11) is -3.51. The molecule has 1 atom stereocenters. The summed E-state index contributed by atoms with van der Waals surface area (Å²) in [6.07, 6.45) is 1.52. The maximum Gasteiger partial charge on any atom is 0.292 e. The molecule has 0 amide bonds. The molecule has 0 spiro atoms. The van der Waals surface area contributed by atoms with Gasteiger partial charge in [-0.1, -0.05) is 30.4 Å². The van der Waals surface area contributed by atoms with E-state index >= 15 is 0 Å². The third kappa shape index (κ3) is 2.52. The topological polar surface area (TPSA) is 58.5 Å². The molecular formula is C8H11ClN2O2S3. The summed E-state index contributed by atoms with van der Waals surface area (Å²) in [5, 5.41) is 3.51. The summed E-state index contributed by atoms with van der Waals surface area (Å²) in [5.74, 6) is 0.849. The highest BCUT2D eigenvalue weighted by Crippen LogP contribution is 2.44. The van der Waals surface area contributed by atoms with Crippen LogP contribution in [0.1, 0.15) is 19.8 Å². The molecule has 1 N–H and O–H groups in total. The lowest BCUT2D eigenvalue weighted by Gasteiger charge is -2.15. The molecule has 0 aliphatic carbocycles. The van der Waals surface area contributed by atoms with E-state index in [0.717, 1.165) is 23.9 Å². The Morgan fingerprint density at radius 1 is 1.69 bits per heavy atom. The maximum absolute atomic E-state index is 11.8. The average molecular weight is 299 g/mol. The van der Waals surface area contributed by atoms with Crippen LogP contribution in [-0.4, -0.2) is 24.0 Å². The third-order valence-electron chi connectivity index (χ3n) is 1.98. The van der Waals surface area contributed by atoms with Gasteiger partial charge in [-0.05, 0) is 6.42 Å². The zero-order valence-electron chi connectivity index (χ0n) is 8.57. The van der Waals surface area contributed by atoms with Crippen molar-refractivity contribution in [3.63, 3.8) is 0 Å². The number of thioether (sulfide) groups is 2. The molecule has 1 unspecified atom stereocenters. The Bertz CT molecular complexity index is 458. The lowest BCUT2D eigenvalue weighted by molar-refractivity contribution is 0.604. The van der Waals surface area contributed by atoms with E-state index in [0.29, 0.717) is 17.3 Å². The first-order valence-electron chi connectivity index (χ1n) is 4.81. The zero-order chi connectivity index (χ0) is 11.8. The van der Waals surface area contributed by atoms with Crippen molar-refractivity contribution in [2.45, 2.75) is 24.5 Å². The van der Waals surface area contributed by atoms with Gasteiger partial charge in [-0.2, -0.15) is 8.42 Å². The van der Waals surface area contributed by atoms with Crippen molar-refractivity contribution < 1.29 is 8.42 Å². The molecule has 2 heterocycles. The van der Waals surface area contributed by atoms with Gasteiger partial charge >= 0.3 is 0 Å². The molecule has 2 aliphatic heterocycles. The smallest absolute Gasteiger partial charge is 0.292 e. The van der Waals surface area contributed by atoms with Crippen molar-refractivity contribution >= 4 is 50.3 Å². The molecule has 4 nitrogen and oxygen atoms in total. The average Bonchev–Trinajstić information content (AvgIpc) is 2.56. The second kappa shape index (κ2) is 4.80. The zero-order valence-corrected chi connectivity index (χ0v) is 11.8. The largest absolute Gasteiger partial charge is 0.336 e. The van der Waals surface area contributed by atoms with Gasteiger partial charge in [-0.25, -0.2) is 0 Å². The lowest BCUT2D eigenvalue weighted by Crippen LogP contribution is -2.26. The van der Waals surface area contributed by atoms with Crippen LogP contribution in [0.3, 0.4) is 0 Å². The number of rotatable bonds is 2. The number of nitrogens with one attached hydrogen (secondary N) is 1. The van der Waals surface area contributed by atoms with Crippen LogP contribution >= 0.6 is 35.1 Å². The van der Waals surface area contributed by atoms with Gasteiger partial charge in [0, 0.05) is 17.9 Å². The summed E-state index contributed by atoms with van der Waals surface area (Å²) in [4.78, 5) is 0. The van der Waals surface area contributed by atoms with Gasteiger partial charge in [0.1, 0.15) is 4.24 Å². The Balaban J connectivity index is 2.21. The Kier molecular flexibility index (Phi) is 3.78. The number of amidine groups is 1. The molecule has 8 heteroatoms. The van der Waals surface area contributed by atoms with Gasteiger partial charge in [0.2, 0.25) is 0 Å². The standard InChI is InChI=1S/C8H11ClN2O2S3/c1-2-3-14-8-10-5-4-6(9)15-7(5)16(12,13)11-8/h6H,2-4H2,1H3,(H,10,11). The fraction of sp³-hybridized carbons (Fsp3) is 0.625. The number of sulfonamides is 1. The van der Waals surface area contributed by atoms with Crippen LogP contribution in [0.25, 0.3) is 0 Å². The maximum atomic E-state index is 11.8. The molecule has 0 radical (unpaired) electrons. The van der Waals surface area contributed by atoms with Gasteiger partial charge in [-0.15, -0.1) is 16.0 Å². The number of nitrogens with zero attached hydrogens (tertiary/aromatic N) is 1. The van der Waals surface area contributed by atoms with Gasteiger partial charge < -0.3 is 5.32 Å². The van der Waals surface area contributed by atoms with Crippen LogP contribution < -0.4 is 5.32 Å². The Labute approximate surface area is 108 Å². The fourth-order valence-electron chi connectivity index (χ4n) is 1.35. The number of halogens is 1. The van der Waals surface area contributed by atoms with E-state index in [1.807, 2.05) is 6.92 Å². The number of alkyl halides is 1. The van der Waals surface area contributed by atoms with Gasteiger partial charge in [0.15, 0.2) is 5.17 Å². The van der Waals surface area contributed by atoms with Crippen LogP contribution in [0.15, 0.2) is 14.3 Å². The molecule has 2 aliphatic rings. The summed E-state index contributed by atoms with van der Waals surface area (Å²) in [5.41, 5.74) is 0.693. The minimum Gasteiger partial charge on any atom is -0.336 e. The number of hydrogen-bond donors (Lipinski definition) is 1. The highest BCUT2D eigenvalue weighted by Gasteiger charge is 2.36. The highest BCUT2D eigenvalue weighted by atomic mass is 35.5. The van der Waals surface area contributed by atoms with E-state index in [9.17, 15) is 8.42 Å². The van der Waals surface area contributed by atoms with Gasteiger partial charge in [0.05, 0.1) is 4.71 Å². The first-order valence-corrected chi connectivity index (χ1v) is 8.56. The molecule has 16 heavy (non-hydrogen) atoms. The first-order chi connectivity index (χ1) is 7.53. The van der Waals surface area contributed by atoms with Crippen LogP contribution in [-0.2, 0) is 10.0 Å². The van der Waals surface area contributed by atoms with Crippen molar-refractivity contribution in [3.05, 3.63) is 9.93 Å². The van der Waals surface area contributed by atoms with E-state index in [-0.39, 0.29) is 8.95 Å². The van der Waals surface area contributed by atoms with Crippen LogP contribution in [0.2, 0.25) is 0 Å². The molecular weight excluding hydrogens is 288 g/mol. The van der Waals surface area contributed by atoms with Crippen LogP contribution in [0, 0.1) is 0 Å². The lowest BCUT2D eigenvalue weighted by atomic mass is 10.4.